The second-order valence-corrected chi connectivity index (χ2v) is 10.9. The summed E-state index contributed by atoms with van der Waals surface area (Å²) in [6.07, 6.45) is 0. The van der Waals surface area contributed by atoms with Crippen LogP contribution in [0.2, 0.25) is 0 Å². The van der Waals surface area contributed by atoms with E-state index in [-0.39, 0.29) is 10.6 Å². The highest BCUT2D eigenvalue weighted by atomic mass is 32.2. The highest BCUT2D eigenvalue weighted by molar-refractivity contribution is 7.99. The lowest BCUT2D eigenvalue weighted by atomic mass is 10.2. The molecule has 1 aliphatic rings. The quantitative estimate of drug-likeness (QED) is 0.258. The van der Waals surface area contributed by atoms with Gasteiger partial charge in [-0.15, -0.1) is 0 Å². The molecule has 0 saturated carbocycles. The summed E-state index contributed by atoms with van der Waals surface area (Å²) in [6, 6.07) is 18.1. The van der Waals surface area contributed by atoms with Crippen molar-refractivity contribution >= 4 is 56.4 Å². The van der Waals surface area contributed by atoms with Crippen molar-refractivity contribution in [3.05, 3.63) is 76.8 Å². The monoisotopic (exact) mass is 542 g/mol. The molecule has 0 fully saturated rings. The second-order valence-electron chi connectivity index (χ2n) is 8.05. The highest BCUT2D eigenvalue weighted by Crippen LogP contribution is 2.47. The number of rotatable bonds is 8. The van der Waals surface area contributed by atoms with Gasteiger partial charge in [0.25, 0.3) is 11.6 Å². The largest absolute Gasteiger partial charge is 0.455 e. The maximum atomic E-state index is 13.1. The maximum Gasteiger partial charge on any atom is 0.321 e. The molecule has 0 bridgehead atoms. The molecule has 11 nitrogen and oxygen atoms in total. The third kappa shape index (κ3) is 5.58. The minimum atomic E-state index is -4.26. The fourth-order valence-corrected chi connectivity index (χ4v) is 5.71. The summed E-state index contributed by atoms with van der Waals surface area (Å²) in [6.45, 7) is -1.38. The molecular formula is C24H22N4O7S2. The molecule has 1 amide bonds. The number of esters is 1. The van der Waals surface area contributed by atoms with Crippen molar-refractivity contribution < 1.29 is 27.7 Å². The number of nitro groups is 1. The first kappa shape index (κ1) is 26.1. The van der Waals surface area contributed by atoms with E-state index in [1.165, 1.54) is 33.7 Å². The summed E-state index contributed by atoms with van der Waals surface area (Å²) in [5.41, 5.74) is 1.12. The van der Waals surface area contributed by atoms with Gasteiger partial charge in [0.05, 0.1) is 21.2 Å². The number of fused-ring (bicyclic) bond motifs is 2. The SMILES string of the molecule is CN(C)c1ccc(S(=O)(=O)NCC(=O)OCC(=O)N2c3ccccc3Sc3ccccc32)cc1[N+](=O)[O-]. The third-order valence-corrected chi connectivity index (χ3v) is 7.91. The number of nitrogens with one attached hydrogen (secondary N) is 1. The number of nitrogens with zero attached hydrogens (tertiary/aromatic N) is 3. The molecule has 192 valence electrons. The Bertz CT molecular complexity index is 1450. The maximum absolute atomic E-state index is 13.1. The van der Waals surface area contributed by atoms with Crippen molar-refractivity contribution in [1.82, 2.24) is 4.72 Å². The van der Waals surface area contributed by atoms with Crippen LogP contribution in [-0.4, -0.2) is 52.5 Å². The molecule has 0 radical (unpaired) electrons. The fraction of sp³-hybridized carbons (Fsp3) is 0.167. The van der Waals surface area contributed by atoms with E-state index in [0.717, 1.165) is 15.9 Å². The van der Waals surface area contributed by atoms with Crippen molar-refractivity contribution in [2.45, 2.75) is 14.7 Å². The molecule has 1 N–H and O–H groups in total. The van der Waals surface area contributed by atoms with E-state index >= 15 is 0 Å². The number of amides is 1. The summed E-state index contributed by atoms with van der Waals surface area (Å²) >= 11 is 1.52. The van der Waals surface area contributed by atoms with Crippen LogP contribution in [0.3, 0.4) is 0 Å². The molecule has 0 aromatic heterocycles. The molecule has 13 heteroatoms. The molecule has 3 aromatic rings. The number of carbonyl (C=O) groups excluding carboxylic acids is 2. The first-order chi connectivity index (χ1) is 17.6. The van der Waals surface area contributed by atoms with E-state index in [4.69, 9.17) is 4.74 Å². The topological polar surface area (TPSA) is 139 Å². The summed E-state index contributed by atoms with van der Waals surface area (Å²) < 4.78 is 32.4. The number of ether oxygens (including phenoxy) is 1. The van der Waals surface area contributed by atoms with Crippen LogP contribution in [0.5, 0.6) is 0 Å². The molecule has 0 spiro atoms. The van der Waals surface area contributed by atoms with Crippen molar-refractivity contribution in [3.63, 3.8) is 0 Å². The predicted octanol–water partition coefficient (Wildman–Crippen LogP) is 3.31. The van der Waals surface area contributed by atoms with Crippen LogP contribution in [0.25, 0.3) is 0 Å². The van der Waals surface area contributed by atoms with Gasteiger partial charge in [-0.25, -0.2) is 8.42 Å². The Morgan fingerprint density at radius 1 is 1.03 bits per heavy atom. The zero-order valence-corrected chi connectivity index (χ0v) is 21.4. The molecule has 0 aliphatic carbocycles. The van der Waals surface area contributed by atoms with Gasteiger partial charge < -0.3 is 9.64 Å². The number of hydrogen-bond donors (Lipinski definition) is 1. The average molecular weight is 543 g/mol. The lowest BCUT2D eigenvalue weighted by molar-refractivity contribution is -0.384. The Morgan fingerprint density at radius 2 is 1.62 bits per heavy atom. The van der Waals surface area contributed by atoms with E-state index < -0.39 is 45.7 Å². The first-order valence-corrected chi connectivity index (χ1v) is 13.2. The molecule has 1 heterocycles. The Kier molecular flexibility index (Phi) is 7.47. The number of hydrogen-bond acceptors (Lipinski definition) is 9. The molecular weight excluding hydrogens is 520 g/mol. The Labute approximate surface area is 217 Å². The van der Waals surface area contributed by atoms with Gasteiger partial charge in [0.2, 0.25) is 10.0 Å². The Morgan fingerprint density at radius 3 is 2.19 bits per heavy atom. The van der Waals surface area contributed by atoms with Gasteiger partial charge in [-0.1, -0.05) is 36.0 Å². The Balaban J connectivity index is 1.42. The third-order valence-electron chi connectivity index (χ3n) is 5.38. The summed E-state index contributed by atoms with van der Waals surface area (Å²) in [5.74, 6) is -1.49. The van der Waals surface area contributed by atoms with Crippen LogP contribution in [0.15, 0.2) is 81.4 Å². The van der Waals surface area contributed by atoms with E-state index in [0.29, 0.717) is 11.4 Å². The van der Waals surface area contributed by atoms with Crippen molar-refractivity contribution in [2.75, 3.05) is 37.0 Å². The van der Waals surface area contributed by atoms with Gasteiger partial charge in [-0.05, 0) is 36.4 Å². The van der Waals surface area contributed by atoms with Gasteiger partial charge in [0, 0.05) is 30.0 Å². The van der Waals surface area contributed by atoms with Gasteiger partial charge >= 0.3 is 5.97 Å². The van der Waals surface area contributed by atoms with Gasteiger partial charge in [-0.3, -0.25) is 24.6 Å². The van der Waals surface area contributed by atoms with Crippen LogP contribution in [0.4, 0.5) is 22.7 Å². The van der Waals surface area contributed by atoms with Gasteiger partial charge in [0.15, 0.2) is 6.61 Å². The molecule has 3 aromatic carbocycles. The number of sulfonamides is 1. The zero-order valence-electron chi connectivity index (χ0n) is 19.8. The average Bonchev–Trinajstić information content (AvgIpc) is 2.88. The molecule has 0 unspecified atom stereocenters. The standard InChI is InChI=1S/C24H22N4O7S2/c1-26(2)17-12-11-16(13-20(17)28(31)32)37(33,34)25-14-24(30)35-15-23(29)27-18-7-3-5-9-21(18)36-22-10-6-4-8-19(22)27/h3-13,25H,14-15H2,1-2H3. The number of benzene rings is 3. The molecule has 0 atom stereocenters. The number of para-hydroxylation sites is 2. The van der Waals surface area contributed by atoms with Gasteiger partial charge in [0.1, 0.15) is 12.2 Å². The molecule has 1 aliphatic heterocycles. The molecule has 4 rings (SSSR count). The lowest BCUT2D eigenvalue weighted by Crippen LogP contribution is -2.35. The summed E-state index contributed by atoms with van der Waals surface area (Å²) in [4.78, 5) is 40.3. The highest BCUT2D eigenvalue weighted by Gasteiger charge is 2.29. The van der Waals surface area contributed by atoms with E-state index in [9.17, 15) is 28.1 Å². The van der Waals surface area contributed by atoms with E-state index in [2.05, 4.69) is 4.72 Å². The second kappa shape index (κ2) is 10.6. The molecule has 0 saturated heterocycles. The van der Waals surface area contributed by atoms with Crippen LogP contribution < -0.4 is 14.5 Å². The van der Waals surface area contributed by atoms with Crippen molar-refractivity contribution in [1.29, 1.82) is 0 Å². The molecule has 37 heavy (non-hydrogen) atoms. The smallest absolute Gasteiger partial charge is 0.321 e. The normalized spacial score (nSPS) is 12.3. The lowest BCUT2D eigenvalue weighted by Gasteiger charge is -2.30. The van der Waals surface area contributed by atoms with Crippen molar-refractivity contribution in [3.8, 4) is 0 Å². The summed E-state index contributed by atoms with van der Waals surface area (Å²) in [7, 11) is -1.09. The fourth-order valence-electron chi connectivity index (χ4n) is 3.66. The van der Waals surface area contributed by atoms with E-state index in [1.54, 1.807) is 38.4 Å². The number of anilines is 3. The number of nitro benzene ring substituents is 1. The zero-order chi connectivity index (χ0) is 26.7. The minimum absolute atomic E-state index is 0.223. The number of carbonyl (C=O) groups is 2. The van der Waals surface area contributed by atoms with E-state index in [1.807, 2.05) is 24.3 Å². The van der Waals surface area contributed by atoms with Crippen LogP contribution in [0.1, 0.15) is 0 Å². The predicted molar refractivity (Wildman–Crippen MR) is 138 cm³/mol. The van der Waals surface area contributed by atoms with Crippen LogP contribution in [-0.2, 0) is 24.3 Å². The van der Waals surface area contributed by atoms with Crippen molar-refractivity contribution in [2.24, 2.45) is 0 Å². The van der Waals surface area contributed by atoms with Gasteiger partial charge in [-0.2, -0.15) is 4.72 Å². The minimum Gasteiger partial charge on any atom is -0.455 e. The first-order valence-electron chi connectivity index (χ1n) is 10.9. The Hall–Kier alpha value is -3.94. The van der Waals surface area contributed by atoms with Crippen LogP contribution in [0, 0.1) is 10.1 Å². The summed E-state index contributed by atoms with van der Waals surface area (Å²) in [5, 5.41) is 11.4. The van der Waals surface area contributed by atoms with Crippen LogP contribution >= 0.6 is 11.8 Å².